The number of aromatic nitrogens is 6. The predicted octanol–water partition coefficient (Wildman–Crippen LogP) is -2.15. The molecular formula is C51H91N9O20. The van der Waals surface area contributed by atoms with E-state index in [1.165, 1.54) is 0 Å². The molecule has 6 heterocycles. The first-order valence-corrected chi connectivity index (χ1v) is 28.0. The summed E-state index contributed by atoms with van der Waals surface area (Å²) in [4.78, 5) is 23.0. The number of amides is 2. The smallest absolute Gasteiger partial charge is 0.220 e. The van der Waals surface area contributed by atoms with Gasteiger partial charge in [-0.3, -0.25) is 9.59 Å². The number of fused-ring (bicyclic) bond motifs is 4. The average molecular weight is 1150 g/mol. The van der Waals surface area contributed by atoms with E-state index in [9.17, 15) is 30.0 Å². The van der Waals surface area contributed by atoms with Crippen molar-refractivity contribution in [1.29, 1.82) is 0 Å². The van der Waals surface area contributed by atoms with Crippen LogP contribution in [0.1, 0.15) is 64.3 Å². The van der Waals surface area contributed by atoms with Gasteiger partial charge in [-0.2, -0.15) is 0 Å². The summed E-state index contributed by atoms with van der Waals surface area (Å²) in [6.07, 6.45) is 2.19. The molecule has 0 radical (unpaired) electrons. The molecule has 0 aromatic carbocycles. The first-order chi connectivity index (χ1) is 38.9. The van der Waals surface area contributed by atoms with Crippen LogP contribution in [0.5, 0.6) is 0 Å². The second kappa shape index (κ2) is 38.3. The first kappa shape index (κ1) is 67.3. The van der Waals surface area contributed by atoms with E-state index in [1.807, 2.05) is 6.20 Å². The Kier molecular flexibility index (Phi) is 32.2. The molecule has 80 heavy (non-hydrogen) atoms. The fourth-order valence-corrected chi connectivity index (χ4v) is 8.52. The Morgan fingerprint density at radius 1 is 0.575 bits per heavy atom. The van der Waals surface area contributed by atoms with Crippen LogP contribution in [0.4, 0.5) is 0 Å². The number of nitrogens with one attached hydrogen (secondary N) is 2. The fraction of sp³-hybridized carbons (Fsp3) is 0.882. The highest BCUT2D eigenvalue weighted by molar-refractivity contribution is 5.76. The van der Waals surface area contributed by atoms with E-state index in [0.29, 0.717) is 177 Å². The first-order valence-electron chi connectivity index (χ1n) is 28.0. The van der Waals surface area contributed by atoms with Gasteiger partial charge in [0.1, 0.15) is 34.8 Å². The maximum Gasteiger partial charge on any atom is 0.220 e. The molecule has 0 unspecified atom stereocenters. The standard InChI is InChI=1S/C26H46N4O10.C25H45N5O10/c1-3-4-5-22(31)27-6-8-37-17-21-16-30(29-28-21)7-9-34-10-11-35-12-13-36-14-15-38-18-26-19-39-25(40-26)20(2)23(32)24(26)33;1-19-22(32)23(33)25(18-39-24(19)40-25)17-38-14-13-36-12-11-35-10-9-34-8-6-30-15-20(28-29-30)16-37-7-5-27-21(31)3-2-4-26/h16,20,23-25,32-33H,3-15,17-19H2,1-2H3,(H,27,31);15,19,22-24,32-33H,2-14,16-18,26H2,1H3,(H,27,31)/t20-,23-,24-,25+,26+;19-,22-,23-,24+,25+/m11/s1. The Labute approximate surface area is 468 Å². The Morgan fingerprint density at radius 2 is 0.950 bits per heavy atom. The van der Waals surface area contributed by atoms with Gasteiger partial charge in [0.25, 0.3) is 0 Å². The third-order valence-electron chi connectivity index (χ3n) is 13.4. The molecule has 10 atom stereocenters. The van der Waals surface area contributed by atoms with Crippen LogP contribution in [0.15, 0.2) is 12.4 Å². The number of aliphatic hydroxyl groups is 4. The van der Waals surface area contributed by atoms with Gasteiger partial charge in [-0.1, -0.05) is 37.6 Å². The van der Waals surface area contributed by atoms with Crippen molar-refractivity contribution in [1.82, 2.24) is 40.6 Å². The van der Waals surface area contributed by atoms with Crippen molar-refractivity contribution < 1.29 is 96.3 Å². The largest absolute Gasteiger partial charge is 0.390 e. The second-order valence-corrected chi connectivity index (χ2v) is 19.8. The number of carbonyl (C=O) groups excluding carboxylic acids is 2. The molecule has 4 saturated heterocycles. The monoisotopic (exact) mass is 1150 g/mol. The summed E-state index contributed by atoms with van der Waals surface area (Å²) in [5.41, 5.74) is 4.75. The topological polar surface area (TPSA) is 356 Å². The molecule has 460 valence electrons. The number of rotatable bonds is 44. The van der Waals surface area contributed by atoms with Crippen molar-refractivity contribution in [3.63, 3.8) is 0 Å². The van der Waals surface area contributed by atoms with Crippen molar-refractivity contribution in [3.05, 3.63) is 23.8 Å². The minimum Gasteiger partial charge on any atom is -0.390 e. The van der Waals surface area contributed by atoms with Gasteiger partial charge in [0, 0.05) is 37.8 Å². The van der Waals surface area contributed by atoms with Gasteiger partial charge >= 0.3 is 0 Å². The van der Waals surface area contributed by atoms with E-state index >= 15 is 0 Å². The van der Waals surface area contributed by atoms with Gasteiger partial charge in [-0.05, 0) is 19.4 Å². The summed E-state index contributed by atoms with van der Waals surface area (Å²) < 4.78 is 81.4. The van der Waals surface area contributed by atoms with Crippen LogP contribution in [0.25, 0.3) is 0 Å². The van der Waals surface area contributed by atoms with Gasteiger partial charge in [0.05, 0.1) is 183 Å². The lowest BCUT2D eigenvalue weighted by atomic mass is 9.86. The van der Waals surface area contributed by atoms with E-state index in [-0.39, 0.29) is 50.1 Å². The average Bonchev–Trinajstić information content (AvgIpc) is 4.31. The molecule has 0 saturated carbocycles. The second-order valence-electron chi connectivity index (χ2n) is 19.8. The Balaban J connectivity index is 0.000000294. The Morgan fingerprint density at radius 3 is 1.34 bits per heavy atom. The Hall–Kier alpha value is -3.54. The molecular weight excluding hydrogens is 1060 g/mol. The number of ether oxygens (including phenoxy) is 14. The summed E-state index contributed by atoms with van der Waals surface area (Å²) in [6.45, 7) is 16.1. The number of hydrogen-bond donors (Lipinski definition) is 7. The van der Waals surface area contributed by atoms with E-state index in [2.05, 4.69) is 38.2 Å². The van der Waals surface area contributed by atoms with E-state index in [1.54, 1.807) is 29.4 Å². The minimum absolute atomic E-state index is 0.0242. The van der Waals surface area contributed by atoms with E-state index in [4.69, 9.17) is 72.0 Å². The van der Waals surface area contributed by atoms with Crippen molar-refractivity contribution >= 4 is 11.8 Å². The van der Waals surface area contributed by atoms with Gasteiger partial charge in [-0.15, -0.1) is 10.2 Å². The number of hydrogen-bond acceptors (Lipinski definition) is 25. The summed E-state index contributed by atoms with van der Waals surface area (Å²) in [7, 11) is 0. The zero-order valence-electron chi connectivity index (χ0n) is 47.0. The zero-order valence-corrected chi connectivity index (χ0v) is 47.0. The Bertz CT molecular complexity index is 1830. The van der Waals surface area contributed by atoms with Crippen molar-refractivity contribution in [2.45, 2.75) is 127 Å². The number of nitrogens with two attached hydrogens (primary N) is 1. The van der Waals surface area contributed by atoms with Gasteiger partial charge < -0.3 is 103 Å². The lowest BCUT2D eigenvalue weighted by Gasteiger charge is -2.41. The summed E-state index contributed by atoms with van der Waals surface area (Å²) in [6, 6.07) is 0. The molecule has 2 aromatic heterocycles. The van der Waals surface area contributed by atoms with E-state index in [0.717, 1.165) is 18.5 Å². The molecule has 4 fully saturated rings. The van der Waals surface area contributed by atoms with Gasteiger partial charge in [-0.25, -0.2) is 9.36 Å². The lowest BCUT2D eigenvalue weighted by Crippen LogP contribution is -2.60. The van der Waals surface area contributed by atoms with Gasteiger partial charge in [0.2, 0.25) is 11.8 Å². The van der Waals surface area contributed by atoms with Crippen LogP contribution >= 0.6 is 0 Å². The van der Waals surface area contributed by atoms with Crippen LogP contribution in [0.3, 0.4) is 0 Å². The molecule has 4 aliphatic heterocycles. The SMILES string of the molecule is CCCCC(=O)NCCOCc1cn(CCOCCOCCOCCOC[C@@]23CO[C@@H](O2)[C@H](C)[C@@H](O)[C@H]3O)nn1.C[C@H]1[C@H]2OC[C@](COCCOCCOCCOCCn3cc(COCCNC(=O)CCCN)nn3)(O2)[C@H](O)[C@@H]1O. The number of carbonyl (C=O) groups is 2. The molecule has 4 bridgehead atoms. The lowest BCUT2D eigenvalue weighted by molar-refractivity contribution is -0.249. The highest BCUT2D eigenvalue weighted by Crippen LogP contribution is 2.41. The maximum absolute atomic E-state index is 11.5. The summed E-state index contributed by atoms with van der Waals surface area (Å²) in [5.74, 6) is -0.553. The van der Waals surface area contributed by atoms with Crippen LogP contribution in [-0.2, 0) is 102 Å². The van der Waals surface area contributed by atoms with E-state index < -0.39 is 48.2 Å². The third kappa shape index (κ3) is 23.6. The number of aliphatic hydroxyl groups excluding tert-OH is 4. The molecule has 29 heteroatoms. The molecule has 29 nitrogen and oxygen atoms in total. The molecule has 2 aromatic rings. The summed E-state index contributed by atoms with van der Waals surface area (Å²) in [5, 5.41) is 62.9. The molecule has 8 N–H and O–H groups in total. The van der Waals surface area contributed by atoms with Crippen LogP contribution in [0, 0.1) is 11.8 Å². The van der Waals surface area contributed by atoms with Crippen LogP contribution in [0.2, 0.25) is 0 Å². The minimum atomic E-state index is -1.06. The maximum atomic E-state index is 11.5. The number of unbranched alkanes of at least 4 members (excludes halogenated alkanes) is 1. The highest BCUT2D eigenvalue weighted by Gasteiger charge is 2.59. The molecule has 4 aliphatic rings. The fourth-order valence-electron chi connectivity index (χ4n) is 8.52. The van der Waals surface area contributed by atoms with Crippen LogP contribution in [-0.4, -0.2) is 262 Å². The van der Waals surface area contributed by atoms with Crippen molar-refractivity contribution in [2.75, 3.05) is 152 Å². The third-order valence-corrected chi connectivity index (χ3v) is 13.4. The molecule has 2 amide bonds. The van der Waals surface area contributed by atoms with Crippen molar-refractivity contribution in [2.24, 2.45) is 17.6 Å². The van der Waals surface area contributed by atoms with Crippen molar-refractivity contribution in [3.8, 4) is 0 Å². The predicted molar refractivity (Wildman–Crippen MR) is 279 cm³/mol. The van der Waals surface area contributed by atoms with Crippen LogP contribution < -0.4 is 16.4 Å². The zero-order chi connectivity index (χ0) is 57.3. The molecule has 6 rings (SSSR count). The highest BCUT2D eigenvalue weighted by atomic mass is 16.8. The quantitative estimate of drug-likeness (QED) is 0.0348. The molecule has 0 aliphatic carbocycles. The molecule has 0 spiro atoms. The normalized spacial score (nSPS) is 25.9. The van der Waals surface area contributed by atoms with Gasteiger partial charge in [0.15, 0.2) is 12.6 Å². The summed E-state index contributed by atoms with van der Waals surface area (Å²) >= 11 is 0. The number of nitrogens with zero attached hydrogens (tertiary/aromatic N) is 6.